The summed E-state index contributed by atoms with van der Waals surface area (Å²) < 4.78 is 35.8. The second-order valence-electron chi connectivity index (χ2n) is 10.5. The highest BCUT2D eigenvalue weighted by atomic mass is 79.9. The zero-order valence-electron chi connectivity index (χ0n) is 24.1. The molecule has 0 aliphatic carbocycles. The van der Waals surface area contributed by atoms with Crippen LogP contribution in [0.5, 0.6) is 5.75 Å². The fraction of sp³-hybridized carbons (Fsp3) is 0.114. The Kier molecular flexibility index (Phi) is 8.16. The highest BCUT2D eigenvalue weighted by molar-refractivity contribution is 9.10. The number of amides is 1. The van der Waals surface area contributed by atoms with Gasteiger partial charge in [-0.1, -0.05) is 82.2 Å². The molecule has 0 saturated heterocycles. The van der Waals surface area contributed by atoms with E-state index < -0.39 is 16.2 Å². The molecule has 5 aromatic rings. The lowest BCUT2D eigenvalue weighted by Crippen LogP contribution is -2.49. The molecule has 222 valence electrons. The topological polar surface area (TPSA) is 78.9 Å². The first-order valence-corrected chi connectivity index (χ1v) is 16.3. The summed E-state index contributed by atoms with van der Waals surface area (Å²) in [5, 5.41) is 0. The van der Waals surface area contributed by atoms with Crippen LogP contribution >= 0.6 is 15.9 Å². The van der Waals surface area contributed by atoms with Gasteiger partial charge in [0.05, 0.1) is 23.3 Å². The van der Waals surface area contributed by atoms with Crippen LogP contribution in [-0.4, -0.2) is 21.4 Å². The van der Waals surface area contributed by atoms with Crippen LogP contribution in [-0.2, 0) is 16.6 Å². The lowest BCUT2D eigenvalue weighted by atomic mass is 9.99. The van der Waals surface area contributed by atoms with Gasteiger partial charge in [0.25, 0.3) is 15.9 Å². The third-order valence-electron chi connectivity index (χ3n) is 7.61. The summed E-state index contributed by atoms with van der Waals surface area (Å²) in [5.74, 6) is 0.317. The lowest BCUT2D eigenvalue weighted by Gasteiger charge is -2.46. The van der Waals surface area contributed by atoms with Crippen LogP contribution in [0.3, 0.4) is 0 Å². The van der Waals surface area contributed by atoms with Crippen molar-refractivity contribution >= 4 is 48.9 Å². The standard InChI is InChI=1S/C35H30BrN3O4S/c1-24-12-16-27(17-13-24)39-34(30-10-6-7-11-32(30)36)38(23-25-8-4-3-5-9-25)33-21-20-29(22-31(33)35(39)40)44(41,42)37-26-14-18-28(43-2)19-15-26/h3-22,34,37H,23H2,1-2H3/t34-/m0/s1. The molecule has 1 atom stereocenters. The minimum atomic E-state index is -4.01. The molecule has 5 aromatic carbocycles. The zero-order chi connectivity index (χ0) is 30.8. The first-order valence-electron chi connectivity index (χ1n) is 14.0. The Labute approximate surface area is 265 Å². The van der Waals surface area contributed by atoms with E-state index >= 15 is 0 Å². The zero-order valence-corrected chi connectivity index (χ0v) is 26.5. The molecule has 0 fully saturated rings. The molecule has 0 unspecified atom stereocenters. The Hall–Kier alpha value is -4.60. The molecule has 1 aliphatic heterocycles. The van der Waals surface area contributed by atoms with Gasteiger partial charge in [0.15, 0.2) is 0 Å². The monoisotopic (exact) mass is 667 g/mol. The van der Waals surface area contributed by atoms with E-state index in [0.717, 1.165) is 21.2 Å². The summed E-state index contributed by atoms with van der Waals surface area (Å²) in [4.78, 5) is 18.4. The van der Waals surface area contributed by atoms with E-state index in [1.54, 1.807) is 48.4 Å². The molecule has 1 amide bonds. The lowest BCUT2D eigenvalue weighted by molar-refractivity contribution is 0.0968. The van der Waals surface area contributed by atoms with Crippen LogP contribution < -0.4 is 19.3 Å². The smallest absolute Gasteiger partial charge is 0.262 e. The highest BCUT2D eigenvalue weighted by Crippen LogP contribution is 2.44. The second kappa shape index (κ2) is 12.2. The molecule has 0 radical (unpaired) electrons. The van der Waals surface area contributed by atoms with Gasteiger partial charge < -0.3 is 9.64 Å². The molecule has 9 heteroatoms. The van der Waals surface area contributed by atoms with E-state index in [0.29, 0.717) is 34.9 Å². The summed E-state index contributed by atoms with van der Waals surface area (Å²) in [6.07, 6.45) is -0.520. The molecule has 0 aromatic heterocycles. The third kappa shape index (κ3) is 5.80. The number of carbonyl (C=O) groups is 1. The van der Waals surface area contributed by atoms with Crippen LogP contribution in [0.25, 0.3) is 0 Å². The number of ether oxygens (including phenoxy) is 1. The van der Waals surface area contributed by atoms with E-state index in [1.165, 1.54) is 6.07 Å². The van der Waals surface area contributed by atoms with Crippen LogP contribution in [0.4, 0.5) is 17.1 Å². The van der Waals surface area contributed by atoms with E-state index in [4.69, 9.17) is 4.74 Å². The molecule has 1 aliphatic rings. The van der Waals surface area contributed by atoms with Gasteiger partial charge in [0.1, 0.15) is 11.9 Å². The Morgan fingerprint density at radius 2 is 1.52 bits per heavy atom. The number of fused-ring (bicyclic) bond motifs is 1. The number of halogens is 1. The number of sulfonamides is 1. The van der Waals surface area contributed by atoms with Gasteiger partial charge in [-0.2, -0.15) is 0 Å². The predicted octanol–water partition coefficient (Wildman–Crippen LogP) is 7.93. The number of carbonyl (C=O) groups excluding carboxylic acids is 1. The van der Waals surface area contributed by atoms with Crippen molar-refractivity contribution in [2.75, 3.05) is 21.6 Å². The van der Waals surface area contributed by atoms with Gasteiger partial charge in [0, 0.05) is 28.0 Å². The fourth-order valence-electron chi connectivity index (χ4n) is 5.40. The van der Waals surface area contributed by atoms with Gasteiger partial charge in [-0.3, -0.25) is 14.4 Å². The van der Waals surface area contributed by atoms with Crippen molar-refractivity contribution in [2.24, 2.45) is 0 Å². The molecule has 0 saturated carbocycles. The number of nitrogens with one attached hydrogen (secondary N) is 1. The van der Waals surface area contributed by atoms with Gasteiger partial charge in [-0.15, -0.1) is 0 Å². The SMILES string of the molecule is COc1ccc(NS(=O)(=O)c2ccc3c(c2)C(=O)N(c2ccc(C)cc2)[C@@H](c2ccccc2Br)N3Cc2ccccc2)cc1. The molecular weight excluding hydrogens is 638 g/mol. The highest BCUT2D eigenvalue weighted by Gasteiger charge is 2.41. The first kappa shape index (κ1) is 29.5. The Morgan fingerprint density at radius 1 is 0.841 bits per heavy atom. The Balaban J connectivity index is 1.51. The maximum atomic E-state index is 14.6. The number of methoxy groups -OCH3 is 1. The maximum Gasteiger partial charge on any atom is 0.262 e. The molecule has 6 rings (SSSR count). The van der Waals surface area contributed by atoms with Crippen molar-refractivity contribution in [3.05, 3.63) is 148 Å². The predicted molar refractivity (Wildman–Crippen MR) is 178 cm³/mol. The molecule has 44 heavy (non-hydrogen) atoms. The molecule has 1 heterocycles. The number of aryl methyl sites for hydroxylation is 1. The second-order valence-corrected chi connectivity index (χ2v) is 13.1. The van der Waals surface area contributed by atoms with Crippen molar-refractivity contribution in [1.29, 1.82) is 0 Å². The minimum Gasteiger partial charge on any atom is -0.497 e. The first-order chi connectivity index (χ1) is 21.2. The van der Waals surface area contributed by atoms with Crippen LogP contribution in [0.15, 0.2) is 131 Å². The van der Waals surface area contributed by atoms with Crippen LogP contribution in [0.1, 0.15) is 33.2 Å². The molecular formula is C35H30BrN3O4S. The normalized spacial score (nSPS) is 14.7. The average molecular weight is 669 g/mol. The van der Waals surface area contributed by atoms with E-state index in [-0.39, 0.29) is 10.8 Å². The number of anilines is 3. The number of rotatable bonds is 8. The van der Waals surface area contributed by atoms with E-state index in [1.807, 2.05) is 85.8 Å². The molecule has 1 N–H and O–H groups in total. The van der Waals surface area contributed by atoms with Gasteiger partial charge >= 0.3 is 0 Å². The van der Waals surface area contributed by atoms with Crippen molar-refractivity contribution in [1.82, 2.24) is 0 Å². The third-order valence-corrected chi connectivity index (χ3v) is 9.71. The van der Waals surface area contributed by atoms with Crippen molar-refractivity contribution < 1.29 is 17.9 Å². The summed E-state index contributed by atoms with van der Waals surface area (Å²) in [6, 6.07) is 37.0. The summed E-state index contributed by atoms with van der Waals surface area (Å²) >= 11 is 3.73. The van der Waals surface area contributed by atoms with Crippen LogP contribution in [0, 0.1) is 6.92 Å². The number of benzene rings is 5. The number of nitrogens with zero attached hydrogens (tertiary/aromatic N) is 2. The summed E-state index contributed by atoms with van der Waals surface area (Å²) in [7, 11) is -2.47. The fourth-order valence-corrected chi connectivity index (χ4v) is 6.97. The van der Waals surface area contributed by atoms with Gasteiger partial charge in [-0.05, 0) is 73.2 Å². The van der Waals surface area contributed by atoms with Gasteiger partial charge in [-0.25, -0.2) is 8.42 Å². The van der Waals surface area contributed by atoms with Crippen LogP contribution in [0.2, 0.25) is 0 Å². The Morgan fingerprint density at radius 3 is 2.20 bits per heavy atom. The van der Waals surface area contributed by atoms with E-state index in [2.05, 4.69) is 25.6 Å². The minimum absolute atomic E-state index is 0.0109. The van der Waals surface area contributed by atoms with Crippen molar-refractivity contribution in [3.8, 4) is 5.75 Å². The summed E-state index contributed by atoms with van der Waals surface area (Å²) in [6.45, 7) is 2.47. The average Bonchev–Trinajstić information content (AvgIpc) is 3.04. The maximum absolute atomic E-state index is 14.6. The Bertz CT molecular complexity index is 1910. The molecule has 7 nitrogen and oxygen atoms in total. The largest absolute Gasteiger partial charge is 0.497 e. The molecule has 0 spiro atoms. The van der Waals surface area contributed by atoms with Crippen molar-refractivity contribution in [3.63, 3.8) is 0 Å². The molecule has 0 bridgehead atoms. The van der Waals surface area contributed by atoms with E-state index in [9.17, 15) is 13.2 Å². The number of hydrogen-bond acceptors (Lipinski definition) is 5. The summed E-state index contributed by atoms with van der Waals surface area (Å²) in [5.41, 5.74) is 5.04. The van der Waals surface area contributed by atoms with Gasteiger partial charge in [0.2, 0.25) is 0 Å². The quantitative estimate of drug-likeness (QED) is 0.182. The van der Waals surface area contributed by atoms with Crippen molar-refractivity contribution in [2.45, 2.75) is 24.5 Å². The number of hydrogen-bond donors (Lipinski definition) is 1.